The molecule has 0 saturated carbocycles. The van der Waals surface area contributed by atoms with Crippen LogP contribution in [-0.2, 0) is 13.1 Å². The van der Waals surface area contributed by atoms with Gasteiger partial charge in [-0.2, -0.15) is 0 Å². The fourth-order valence-corrected chi connectivity index (χ4v) is 3.84. The lowest BCUT2D eigenvalue weighted by Gasteiger charge is -2.31. The highest BCUT2D eigenvalue weighted by atomic mass is 32.1. The topological polar surface area (TPSA) is 71.2 Å². The fraction of sp³-hybridized carbons (Fsp3) is 0.474. The minimum atomic E-state index is -0.00400. The second-order valence-corrected chi connectivity index (χ2v) is 7.75. The summed E-state index contributed by atoms with van der Waals surface area (Å²) in [5.74, 6) is 0.547. The van der Waals surface area contributed by atoms with Crippen LogP contribution in [0.2, 0.25) is 0 Å². The van der Waals surface area contributed by atoms with Gasteiger partial charge in [-0.25, -0.2) is 4.98 Å². The number of hydrogen-bond donors (Lipinski definition) is 2. The Kier molecular flexibility index (Phi) is 6.18. The van der Waals surface area contributed by atoms with Crippen molar-refractivity contribution in [3.8, 4) is 0 Å². The Balaban J connectivity index is 1.42. The highest BCUT2D eigenvalue weighted by molar-refractivity contribution is 7.09. The summed E-state index contributed by atoms with van der Waals surface area (Å²) in [5, 5.41) is 6.36. The summed E-state index contributed by atoms with van der Waals surface area (Å²) in [6.07, 6.45) is 2.23. The maximum atomic E-state index is 12.3. The molecule has 2 heterocycles. The van der Waals surface area contributed by atoms with Crippen LogP contribution in [0.4, 0.5) is 0 Å². The van der Waals surface area contributed by atoms with E-state index in [0.29, 0.717) is 18.0 Å². The van der Waals surface area contributed by atoms with Crippen LogP contribution in [0.25, 0.3) is 0 Å². The molecule has 0 bridgehead atoms. The van der Waals surface area contributed by atoms with Crippen molar-refractivity contribution in [3.05, 3.63) is 51.5 Å². The molecular weight excluding hydrogens is 332 g/mol. The number of thiazole rings is 1. The van der Waals surface area contributed by atoms with Crippen molar-refractivity contribution in [3.63, 3.8) is 0 Å². The van der Waals surface area contributed by atoms with Crippen molar-refractivity contribution in [2.45, 2.75) is 32.9 Å². The van der Waals surface area contributed by atoms with E-state index >= 15 is 0 Å². The number of piperidine rings is 1. The third-order valence-electron chi connectivity index (χ3n) is 4.74. The third-order valence-corrected chi connectivity index (χ3v) is 5.56. The van der Waals surface area contributed by atoms with E-state index in [-0.39, 0.29) is 5.91 Å². The van der Waals surface area contributed by atoms with Crippen molar-refractivity contribution in [1.29, 1.82) is 0 Å². The number of nitrogens with two attached hydrogens (primary N) is 1. The van der Waals surface area contributed by atoms with E-state index in [0.717, 1.165) is 49.6 Å². The molecule has 0 spiro atoms. The molecule has 3 N–H and O–H groups in total. The summed E-state index contributed by atoms with van der Waals surface area (Å²) in [6, 6.07) is 7.53. The molecule has 6 heteroatoms. The molecule has 25 heavy (non-hydrogen) atoms. The van der Waals surface area contributed by atoms with Gasteiger partial charge in [-0.3, -0.25) is 9.69 Å². The van der Waals surface area contributed by atoms with Crippen molar-refractivity contribution >= 4 is 17.2 Å². The Bertz CT molecular complexity index is 707. The van der Waals surface area contributed by atoms with Crippen LogP contribution in [0.1, 0.15) is 39.5 Å². The number of carbonyl (C=O) groups is 1. The Morgan fingerprint density at radius 2 is 2.20 bits per heavy atom. The number of benzene rings is 1. The van der Waals surface area contributed by atoms with Gasteiger partial charge in [-0.05, 0) is 56.5 Å². The van der Waals surface area contributed by atoms with Crippen LogP contribution in [0.5, 0.6) is 0 Å². The van der Waals surface area contributed by atoms with Gasteiger partial charge < -0.3 is 11.1 Å². The zero-order valence-corrected chi connectivity index (χ0v) is 15.5. The predicted molar refractivity (Wildman–Crippen MR) is 102 cm³/mol. The summed E-state index contributed by atoms with van der Waals surface area (Å²) >= 11 is 1.71. The minimum absolute atomic E-state index is 0.00400. The van der Waals surface area contributed by atoms with Crippen LogP contribution >= 0.6 is 11.3 Å². The molecule has 1 amide bonds. The Labute approximate surface area is 153 Å². The first-order valence-electron chi connectivity index (χ1n) is 8.84. The zero-order valence-electron chi connectivity index (χ0n) is 14.7. The van der Waals surface area contributed by atoms with Gasteiger partial charge in [0.05, 0.1) is 10.7 Å². The Morgan fingerprint density at radius 1 is 1.40 bits per heavy atom. The van der Waals surface area contributed by atoms with Gasteiger partial charge in [0.2, 0.25) is 0 Å². The summed E-state index contributed by atoms with van der Waals surface area (Å²) < 4.78 is 0. The van der Waals surface area contributed by atoms with E-state index in [1.54, 1.807) is 11.3 Å². The molecule has 1 aromatic carbocycles. The molecule has 5 nitrogen and oxygen atoms in total. The number of aromatic nitrogens is 1. The molecule has 1 aromatic heterocycles. The van der Waals surface area contributed by atoms with E-state index in [4.69, 9.17) is 5.73 Å². The average Bonchev–Trinajstić information content (AvgIpc) is 3.05. The maximum absolute atomic E-state index is 12.3. The molecule has 1 aliphatic rings. The average molecular weight is 359 g/mol. The van der Waals surface area contributed by atoms with Crippen molar-refractivity contribution in [1.82, 2.24) is 15.2 Å². The molecule has 0 atom stereocenters. The standard InChI is InChI=1S/C19H26N4OS/c1-14-22-18(13-25-14)12-23-7-5-15(6-8-23)11-21-19(24)17-4-2-3-16(9-17)10-20/h2-4,9,13,15H,5-8,10-12,20H2,1H3,(H,21,24). The van der Waals surface area contributed by atoms with Gasteiger partial charge in [-0.1, -0.05) is 12.1 Å². The number of likely N-dealkylation sites (tertiary alicyclic amines) is 1. The highest BCUT2D eigenvalue weighted by Gasteiger charge is 2.20. The molecule has 1 fully saturated rings. The zero-order chi connectivity index (χ0) is 17.6. The van der Waals surface area contributed by atoms with E-state index < -0.39 is 0 Å². The number of rotatable bonds is 6. The normalized spacial score (nSPS) is 16.1. The van der Waals surface area contributed by atoms with Crippen molar-refractivity contribution < 1.29 is 4.79 Å². The lowest BCUT2D eigenvalue weighted by Crippen LogP contribution is -2.38. The lowest BCUT2D eigenvalue weighted by molar-refractivity contribution is 0.0935. The first-order chi connectivity index (χ1) is 12.1. The summed E-state index contributed by atoms with van der Waals surface area (Å²) in [6.45, 7) is 6.33. The Morgan fingerprint density at radius 3 is 2.88 bits per heavy atom. The van der Waals surface area contributed by atoms with E-state index in [2.05, 4.69) is 20.6 Å². The number of nitrogens with zero attached hydrogens (tertiary/aromatic N) is 2. The predicted octanol–water partition coefficient (Wildman–Crippen LogP) is 2.55. The van der Waals surface area contributed by atoms with Crippen molar-refractivity contribution in [2.24, 2.45) is 11.7 Å². The second kappa shape index (κ2) is 8.56. The number of nitrogens with one attached hydrogen (secondary N) is 1. The van der Waals surface area contributed by atoms with E-state index in [1.807, 2.05) is 31.2 Å². The monoisotopic (exact) mass is 358 g/mol. The molecule has 0 radical (unpaired) electrons. The number of hydrogen-bond acceptors (Lipinski definition) is 5. The summed E-state index contributed by atoms with van der Waals surface area (Å²) in [4.78, 5) is 19.3. The first-order valence-corrected chi connectivity index (χ1v) is 9.72. The largest absolute Gasteiger partial charge is 0.352 e. The van der Waals surface area contributed by atoms with Crippen molar-refractivity contribution in [2.75, 3.05) is 19.6 Å². The molecule has 1 aliphatic heterocycles. The second-order valence-electron chi connectivity index (χ2n) is 6.69. The molecule has 2 aromatic rings. The molecular formula is C19H26N4OS. The molecule has 0 aliphatic carbocycles. The summed E-state index contributed by atoms with van der Waals surface area (Å²) in [5.41, 5.74) is 8.49. The Hall–Kier alpha value is -1.76. The highest BCUT2D eigenvalue weighted by Crippen LogP contribution is 2.19. The molecule has 3 rings (SSSR count). The van der Waals surface area contributed by atoms with Gasteiger partial charge >= 0.3 is 0 Å². The molecule has 1 saturated heterocycles. The molecule has 0 unspecified atom stereocenters. The molecule has 134 valence electrons. The smallest absolute Gasteiger partial charge is 0.251 e. The van der Waals surface area contributed by atoms with Gasteiger partial charge in [-0.15, -0.1) is 11.3 Å². The quantitative estimate of drug-likeness (QED) is 0.832. The minimum Gasteiger partial charge on any atom is -0.352 e. The van der Waals surface area contributed by atoms with Gasteiger partial charge in [0.25, 0.3) is 5.91 Å². The van der Waals surface area contributed by atoms with E-state index in [1.165, 1.54) is 5.69 Å². The maximum Gasteiger partial charge on any atom is 0.251 e. The van der Waals surface area contributed by atoms with Gasteiger partial charge in [0.15, 0.2) is 0 Å². The van der Waals surface area contributed by atoms with Crippen LogP contribution in [0.15, 0.2) is 29.6 Å². The number of carbonyl (C=O) groups excluding carboxylic acids is 1. The van der Waals surface area contributed by atoms with Gasteiger partial charge in [0.1, 0.15) is 0 Å². The fourth-order valence-electron chi connectivity index (χ4n) is 3.24. The SMILES string of the molecule is Cc1nc(CN2CCC(CNC(=O)c3cccc(CN)c3)CC2)cs1. The lowest BCUT2D eigenvalue weighted by atomic mass is 9.96. The van der Waals surface area contributed by atoms with Gasteiger partial charge in [0, 0.05) is 30.6 Å². The first kappa shape index (κ1) is 18.0. The van der Waals surface area contributed by atoms with Crippen LogP contribution in [0.3, 0.4) is 0 Å². The van der Waals surface area contributed by atoms with Crippen LogP contribution in [-0.4, -0.2) is 35.4 Å². The number of amides is 1. The number of aryl methyl sites for hydroxylation is 1. The van der Waals surface area contributed by atoms with Crippen LogP contribution < -0.4 is 11.1 Å². The van der Waals surface area contributed by atoms with Crippen LogP contribution in [0, 0.1) is 12.8 Å². The van der Waals surface area contributed by atoms with E-state index in [9.17, 15) is 4.79 Å². The summed E-state index contributed by atoms with van der Waals surface area (Å²) in [7, 11) is 0. The third kappa shape index (κ3) is 5.11.